The molecule has 1 saturated heterocycles. The van der Waals surface area contributed by atoms with E-state index in [9.17, 15) is 0 Å². The van der Waals surface area contributed by atoms with E-state index < -0.39 is 0 Å². The van der Waals surface area contributed by atoms with E-state index in [4.69, 9.17) is 11.6 Å². The van der Waals surface area contributed by atoms with Crippen molar-refractivity contribution in [3.63, 3.8) is 0 Å². The fourth-order valence-corrected chi connectivity index (χ4v) is 2.35. The first kappa shape index (κ1) is 12.7. The maximum absolute atomic E-state index is 5.68. The van der Waals surface area contributed by atoms with Crippen LogP contribution in [-0.4, -0.2) is 32.1 Å². The normalized spacial score (nSPS) is 16.2. The summed E-state index contributed by atoms with van der Waals surface area (Å²) < 4.78 is 0. The Bertz CT molecular complexity index is 317. The van der Waals surface area contributed by atoms with E-state index in [-0.39, 0.29) is 0 Å². The minimum absolute atomic E-state index is 0.773. The average Bonchev–Trinajstić information content (AvgIpc) is 2.41. The van der Waals surface area contributed by atoms with Gasteiger partial charge in [0.05, 0.1) is 0 Å². The van der Waals surface area contributed by atoms with Gasteiger partial charge in [-0.05, 0) is 37.0 Å². The van der Waals surface area contributed by atoms with Gasteiger partial charge in [-0.2, -0.15) is 0 Å². The second-order valence-corrected chi connectivity index (χ2v) is 4.85. The molecule has 0 bridgehead atoms. The molecular weight excluding hydrogens is 232 g/mol. The molecule has 3 heteroatoms. The van der Waals surface area contributed by atoms with Crippen molar-refractivity contribution in [1.29, 1.82) is 0 Å². The summed E-state index contributed by atoms with van der Waals surface area (Å²) in [5, 5.41) is 4.37. The molecule has 1 aromatic rings. The van der Waals surface area contributed by atoms with Gasteiger partial charge in [-0.25, -0.2) is 5.32 Å². The van der Waals surface area contributed by atoms with E-state index in [0.29, 0.717) is 0 Å². The van der Waals surface area contributed by atoms with Crippen molar-refractivity contribution in [1.82, 2.24) is 5.32 Å². The number of rotatable bonds is 5. The average molecular weight is 252 g/mol. The molecule has 1 radical (unpaired) electrons. The zero-order valence-electron chi connectivity index (χ0n) is 10.2. The topological polar surface area (TPSA) is 17.3 Å². The lowest BCUT2D eigenvalue weighted by molar-refractivity contribution is 0.579. The van der Waals surface area contributed by atoms with E-state index in [1.165, 1.54) is 17.7 Å². The van der Waals surface area contributed by atoms with Crippen LogP contribution in [0, 0.1) is 0 Å². The molecule has 1 heterocycles. The molecule has 0 N–H and O–H groups in total. The van der Waals surface area contributed by atoms with Gasteiger partial charge in [0.15, 0.2) is 0 Å². The van der Waals surface area contributed by atoms with Crippen LogP contribution in [0.2, 0.25) is 0 Å². The lowest BCUT2D eigenvalue weighted by Gasteiger charge is -2.28. The maximum atomic E-state index is 5.68. The number of piperazine rings is 1. The summed E-state index contributed by atoms with van der Waals surface area (Å²) in [5.74, 6) is 0.773. The van der Waals surface area contributed by atoms with Gasteiger partial charge in [-0.15, -0.1) is 11.6 Å². The SMILES string of the molecule is ClCCCCc1ccc(N2CC[N]CC2)cc1. The van der Waals surface area contributed by atoms with Gasteiger partial charge in [-0.3, -0.25) is 0 Å². The second-order valence-electron chi connectivity index (χ2n) is 4.47. The summed E-state index contributed by atoms with van der Waals surface area (Å²) in [6.45, 7) is 4.06. The van der Waals surface area contributed by atoms with Crippen LogP contribution < -0.4 is 10.2 Å². The van der Waals surface area contributed by atoms with Crippen LogP contribution in [0.1, 0.15) is 18.4 Å². The first-order valence-electron chi connectivity index (χ1n) is 6.43. The minimum Gasteiger partial charge on any atom is -0.369 e. The van der Waals surface area contributed by atoms with Gasteiger partial charge < -0.3 is 4.90 Å². The number of nitrogens with zero attached hydrogens (tertiary/aromatic N) is 2. The van der Waals surface area contributed by atoms with Crippen molar-refractivity contribution in [3.8, 4) is 0 Å². The largest absolute Gasteiger partial charge is 0.369 e. The van der Waals surface area contributed by atoms with E-state index >= 15 is 0 Å². The third-order valence-corrected chi connectivity index (χ3v) is 3.47. The van der Waals surface area contributed by atoms with Crippen LogP contribution in [-0.2, 0) is 6.42 Å². The number of alkyl halides is 1. The van der Waals surface area contributed by atoms with Crippen molar-refractivity contribution in [2.24, 2.45) is 0 Å². The van der Waals surface area contributed by atoms with Crippen molar-refractivity contribution < 1.29 is 0 Å². The summed E-state index contributed by atoms with van der Waals surface area (Å²) in [7, 11) is 0. The molecule has 17 heavy (non-hydrogen) atoms. The van der Waals surface area contributed by atoms with E-state index in [1.54, 1.807) is 0 Å². The predicted octanol–water partition coefficient (Wildman–Crippen LogP) is 2.67. The molecule has 0 saturated carbocycles. The summed E-state index contributed by atoms with van der Waals surface area (Å²) in [4.78, 5) is 2.41. The van der Waals surface area contributed by atoms with Crippen molar-refractivity contribution >= 4 is 17.3 Å². The maximum Gasteiger partial charge on any atom is 0.0367 e. The third kappa shape index (κ3) is 3.90. The highest BCUT2D eigenvalue weighted by molar-refractivity contribution is 6.17. The second kappa shape index (κ2) is 6.87. The predicted molar refractivity (Wildman–Crippen MR) is 74.2 cm³/mol. The number of halogens is 1. The molecule has 0 atom stereocenters. The number of benzene rings is 1. The molecule has 0 unspecified atom stereocenters. The van der Waals surface area contributed by atoms with Crippen molar-refractivity contribution in [3.05, 3.63) is 29.8 Å². The summed E-state index contributed by atoms with van der Waals surface area (Å²) in [6.07, 6.45) is 3.44. The molecule has 0 amide bonds. The Kier molecular flexibility index (Phi) is 5.14. The molecule has 2 nitrogen and oxygen atoms in total. The van der Waals surface area contributed by atoms with Gasteiger partial charge in [0.1, 0.15) is 0 Å². The Balaban J connectivity index is 1.88. The zero-order chi connectivity index (χ0) is 11.9. The van der Waals surface area contributed by atoms with Crippen LogP contribution in [0.4, 0.5) is 5.69 Å². The van der Waals surface area contributed by atoms with E-state index in [2.05, 4.69) is 34.5 Å². The Labute approximate surface area is 109 Å². The zero-order valence-corrected chi connectivity index (χ0v) is 11.0. The highest BCUT2D eigenvalue weighted by Crippen LogP contribution is 2.17. The van der Waals surface area contributed by atoms with Crippen LogP contribution in [0.15, 0.2) is 24.3 Å². The van der Waals surface area contributed by atoms with Crippen LogP contribution in [0.3, 0.4) is 0 Å². The quantitative estimate of drug-likeness (QED) is 0.581. The lowest BCUT2D eigenvalue weighted by Crippen LogP contribution is -2.40. The van der Waals surface area contributed by atoms with Crippen LogP contribution in [0.25, 0.3) is 0 Å². The summed E-state index contributed by atoms with van der Waals surface area (Å²) in [5.41, 5.74) is 2.75. The Morgan fingerprint density at radius 1 is 1.06 bits per heavy atom. The fourth-order valence-electron chi connectivity index (χ4n) is 2.16. The van der Waals surface area contributed by atoms with Gasteiger partial charge in [0.2, 0.25) is 0 Å². The first-order valence-corrected chi connectivity index (χ1v) is 6.97. The van der Waals surface area contributed by atoms with Crippen molar-refractivity contribution in [2.45, 2.75) is 19.3 Å². The highest BCUT2D eigenvalue weighted by atomic mass is 35.5. The molecular formula is C14H20ClN2. The number of hydrogen-bond acceptors (Lipinski definition) is 1. The third-order valence-electron chi connectivity index (χ3n) is 3.21. The number of unbranched alkanes of at least 4 members (excludes halogenated alkanes) is 1. The van der Waals surface area contributed by atoms with Gasteiger partial charge in [0, 0.05) is 37.7 Å². The summed E-state index contributed by atoms with van der Waals surface area (Å²) >= 11 is 5.68. The first-order chi connectivity index (χ1) is 8.40. The number of hydrogen-bond donors (Lipinski definition) is 0. The number of anilines is 1. The van der Waals surface area contributed by atoms with Gasteiger partial charge >= 0.3 is 0 Å². The molecule has 1 aliphatic heterocycles. The van der Waals surface area contributed by atoms with Gasteiger partial charge in [-0.1, -0.05) is 12.1 Å². The van der Waals surface area contributed by atoms with E-state index in [0.717, 1.165) is 44.9 Å². The monoisotopic (exact) mass is 251 g/mol. The molecule has 0 aromatic heterocycles. The highest BCUT2D eigenvalue weighted by Gasteiger charge is 2.10. The molecule has 0 spiro atoms. The Morgan fingerprint density at radius 2 is 1.76 bits per heavy atom. The van der Waals surface area contributed by atoms with Crippen LogP contribution >= 0.6 is 11.6 Å². The fraction of sp³-hybridized carbons (Fsp3) is 0.571. The molecule has 2 rings (SSSR count). The van der Waals surface area contributed by atoms with E-state index in [1.807, 2.05) is 0 Å². The minimum atomic E-state index is 0.773. The molecule has 1 aliphatic rings. The molecule has 1 aromatic carbocycles. The van der Waals surface area contributed by atoms with Crippen molar-refractivity contribution in [2.75, 3.05) is 37.0 Å². The molecule has 1 fully saturated rings. The smallest absolute Gasteiger partial charge is 0.0367 e. The van der Waals surface area contributed by atoms with Gasteiger partial charge in [0.25, 0.3) is 0 Å². The Hall–Kier alpha value is -0.730. The molecule has 0 aliphatic carbocycles. The Morgan fingerprint density at radius 3 is 2.41 bits per heavy atom. The summed E-state index contributed by atoms with van der Waals surface area (Å²) in [6, 6.07) is 8.97. The molecule has 93 valence electrons. The standard InChI is InChI=1S/C14H20ClN2/c15-8-2-1-3-13-4-6-14(7-5-13)17-11-9-16-10-12-17/h4-7H,1-3,8-12H2. The lowest BCUT2D eigenvalue weighted by atomic mass is 10.1. The van der Waals surface area contributed by atoms with Crippen LogP contribution in [0.5, 0.6) is 0 Å². The number of aryl methyl sites for hydroxylation is 1.